The van der Waals surface area contributed by atoms with Crippen molar-refractivity contribution in [1.82, 2.24) is 4.98 Å². The summed E-state index contributed by atoms with van der Waals surface area (Å²) in [4.78, 5) is 4.16. The molecule has 0 bridgehead atoms. The summed E-state index contributed by atoms with van der Waals surface area (Å²) in [6.45, 7) is 0. The quantitative estimate of drug-likeness (QED) is 0.395. The van der Waals surface area contributed by atoms with E-state index < -0.39 is 0 Å². The fourth-order valence-corrected chi connectivity index (χ4v) is 0.956. The molecule has 2 rings (SSSR count). The van der Waals surface area contributed by atoms with Crippen LogP contribution < -0.4 is 51.4 Å². The van der Waals surface area contributed by atoms with Crippen LogP contribution in [-0.2, 0) is 0 Å². The van der Waals surface area contributed by atoms with E-state index in [9.17, 15) is 0 Å². The molecular weight excluding hydrogens is 173 g/mol. The van der Waals surface area contributed by atoms with Crippen molar-refractivity contribution in [3.8, 4) is 0 Å². The second kappa shape index (κ2) is 5.83. The Hall–Kier alpha value is 0.266. The first-order valence-electron chi connectivity index (χ1n) is 3.18. The number of aromatic nitrogens is 1. The van der Waals surface area contributed by atoms with Gasteiger partial charge in [-0.3, -0.25) is 4.98 Å². The standard InChI is InChI=1S/C9H6N.CH3.K/c1-2-6-9-8(4-1)5-3-7-10-9;;/h2-7H;1H3;/q2*-1;+1. The Labute approximate surface area is 116 Å². The van der Waals surface area contributed by atoms with E-state index >= 15 is 0 Å². The molecule has 0 atom stereocenters. The second-order valence-corrected chi connectivity index (χ2v) is 2.12. The minimum absolute atomic E-state index is 0. The van der Waals surface area contributed by atoms with E-state index in [-0.39, 0.29) is 58.8 Å². The molecule has 2 heteroatoms. The van der Waals surface area contributed by atoms with Crippen LogP contribution in [0.25, 0.3) is 10.9 Å². The van der Waals surface area contributed by atoms with Gasteiger partial charge in [0.15, 0.2) is 0 Å². The van der Waals surface area contributed by atoms with Gasteiger partial charge in [-0.05, 0) is 5.52 Å². The third kappa shape index (κ3) is 2.64. The molecule has 1 nitrogen and oxygen atoms in total. The SMILES string of the molecule is [CH3-].[K+].[c-]1ccc2ncccc2c1. The van der Waals surface area contributed by atoms with Crippen LogP contribution in [0.15, 0.2) is 36.5 Å². The molecule has 0 amide bonds. The largest absolute Gasteiger partial charge is 1.00 e. The molecule has 0 N–H and O–H groups in total. The first kappa shape index (κ1) is 12.3. The summed E-state index contributed by atoms with van der Waals surface area (Å²) in [6, 6.07) is 12.7. The molecule has 1 heterocycles. The predicted molar refractivity (Wildman–Crippen MR) is 47.0 cm³/mol. The average Bonchev–Trinajstić information content (AvgIpc) is 2.05. The van der Waals surface area contributed by atoms with Crippen molar-refractivity contribution in [2.75, 3.05) is 0 Å². The number of hydrogen-bond acceptors (Lipinski definition) is 1. The first-order valence-corrected chi connectivity index (χ1v) is 3.18. The molecule has 0 aliphatic carbocycles. The van der Waals surface area contributed by atoms with E-state index in [2.05, 4.69) is 11.1 Å². The number of pyridine rings is 1. The zero-order valence-electron chi connectivity index (χ0n) is 7.41. The van der Waals surface area contributed by atoms with Crippen LogP contribution in [-0.4, -0.2) is 4.98 Å². The third-order valence-electron chi connectivity index (χ3n) is 1.45. The molecule has 0 fully saturated rings. The molecule has 1 aromatic heterocycles. The molecule has 0 aliphatic heterocycles. The fourth-order valence-electron chi connectivity index (χ4n) is 0.956. The minimum Gasteiger partial charge on any atom is -0.358 e. The smallest absolute Gasteiger partial charge is 0.358 e. The van der Waals surface area contributed by atoms with Gasteiger partial charge in [0, 0.05) is 6.20 Å². The molecule has 0 aliphatic rings. The van der Waals surface area contributed by atoms with E-state index in [1.807, 2.05) is 30.3 Å². The van der Waals surface area contributed by atoms with Gasteiger partial charge in [-0.2, -0.15) is 18.2 Å². The maximum atomic E-state index is 4.16. The van der Waals surface area contributed by atoms with E-state index in [1.54, 1.807) is 6.20 Å². The van der Waals surface area contributed by atoms with Gasteiger partial charge < -0.3 is 7.43 Å². The average molecular weight is 182 g/mol. The second-order valence-electron chi connectivity index (χ2n) is 2.12. The topological polar surface area (TPSA) is 12.9 Å². The summed E-state index contributed by atoms with van der Waals surface area (Å²) in [5, 5.41) is 1.14. The number of nitrogens with zero attached hydrogens (tertiary/aromatic N) is 1. The Bertz CT molecular complexity index is 281. The van der Waals surface area contributed by atoms with Gasteiger partial charge in [0.25, 0.3) is 0 Å². The van der Waals surface area contributed by atoms with Crippen molar-refractivity contribution in [3.63, 3.8) is 0 Å². The Morgan fingerprint density at radius 2 is 2.08 bits per heavy atom. The van der Waals surface area contributed by atoms with Crippen LogP contribution in [0, 0.1) is 13.5 Å². The summed E-state index contributed by atoms with van der Waals surface area (Å²) >= 11 is 0. The molecule has 2 aromatic rings. The summed E-state index contributed by atoms with van der Waals surface area (Å²) in [5.41, 5.74) is 1.03. The van der Waals surface area contributed by atoms with Crippen molar-refractivity contribution in [3.05, 3.63) is 50.0 Å². The zero-order valence-corrected chi connectivity index (χ0v) is 10.5. The van der Waals surface area contributed by atoms with Gasteiger partial charge >= 0.3 is 51.4 Å². The predicted octanol–water partition coefficient (Wildman–Crippen LogP) is -0.511. The van der Waals surface area contributed by atoms with Crippen LogP contribution in [0.3, 0.4) is 0 Å². The number of benzene rings is 1. The molecule has 1 aromatic carbocycles. The molecule has 56 valence electrons. The van der Waals surface area contributed by atoms with E-state index in [0.717, 1.165) is 10.9 Å². The monoisotopic (exact) mass is 182 g/mol. The van der Waals surface area contributed by atoms with Crippen molar-refractivity contribution in [2.24, 2.45) is 0 Å². The minimum atomic E-state index is 0. The van der Waals surface area contributed by atoms with E-state index in [4.69, 9.17) is 0 Å². The van der Waals surface area contributed by atoms with Gasteiger partial charge in [0.1, 0.15) is 0 Å². The van der Waals surface area contributed by atoms with Gasteiger partial charge in [-0.15, -0.1) is 17.5 Å². The zero-order chi connectivity index (χ0) is 6.81. The Kier molecular flexibility index (Phi) is 5.96. The Morgan fingerprint density at radius 3 is 2.83 bits per heavy atom. The fraction of sp³-hybridized carbons (Fsp3) is 0. The van der Waals surface area contributed by atoms with Crippen LogP contribution in [0.4, 0.5) is 0 Å². The van der Waals surface area contributed by atoms with Crippen LogP contribution in [0.5, 0.6) is 0 Å². The number of rotatable bonds is 0. The van der Waals surface area contributed by atoms with Gasteiger partial charge in [-0.25, -0.2) is 0 Å². The van der Waals surface area contributed by atoms with Gasteiger partial charge in [0.05, 0.1) is 0 Å². The van der Waals surface area contributed by atoms with Crippen molar-refractivity contribution >= 4 is 10.9 Å². The first-order chi connectivity index (χ1) is 4.97. The van der Waals surface area contributed by atoms with Crippen LogP contribution >= 0.6 is 0 Å². The Morgan fingerprint density at radius 1 is 1.25 bits per heavy atom. The van der Waals surface area contributed by atoms with Gasteiger partial charge in [-0.1, -0.05) is 6.07 Å². The summed E-state index contributed by atoms with van der Waals surface area (Å²) < 4.78 is 0. The van der Waals surface area contributed by atoms with Crippen molar-refractivity contribution in [1.29, 1.82) is 0 Å². The van der Waals surface area contributed by atoms with Crippen molar-refractivity contribution in [2.45, 2.75) is 0 Å². The van der Waals surface area contributed by atoms with Crippen LogP contribution in [0.1, 0.15) is 0 Å². The molecule has 0 saturated carbocycles. The third-order valence-corrected chi connectivity index (χ3v) is 1.45. The van der Waals surface area contributed by atoms with E-state index in [1.165, 1.54) is 0 Å². The summed E-state index contributed by atoms with van der Waals surface area (Å²) in [5.74, 6) is 0. The maximum absolute atomic E-state index is 4.16. The molecule has 0 saturated heterocycles. The molecule has 0 spiro atoms. The normalized spacial score (nSPS) is 8.33. The Balaban J connectivity index is 0.000000605. The molecular formula is C10H9KN-. The number of fused-ring (bicyclic) bond motifs is 1. The van der Waals surface area contributed by atoms with E-state index in [0.29, 0.717) is 0 Å². The molecule has 0 unspecified atom stereocenters. The van der Waals surface area contributed by atoms with Crippen LogP contribution in [0.2, 0.25) is 0 Å². The van der Waals surface area contributed by atoms with Gasteiger partial charge in [0.2, 0.25) is 0 Å². The molecule has 0 radical (unpaired) electrons. The summed E-state index contributed by atoms with van der Waals surface area (Å²) in [7, 11) is 0. The maximum Gasteiger partial charge on any atom is 1.00 e. The summed E-state index contributed by atoms with van der Waals surface area (Å²) in [6.07, 6.45) is 1.79. The number of hydrogen-bond donors (Lipinski definition) is 0. The molecule has 12 heavy (non-hydrogen) atoms. The van der Waals surface area contributed by atoms with Crippen molar-refractivity contribution < 1.29 is 51.4 Å².